The largest absolute Gasteiger partial charge is 0.310 e. The molecule has 1 aromatic carbocycles. The van der Waals surface area contributed by atoms with Crippen LogP contribution in [-0.4, -0.2) is 25.7 Å². The number of hydrogen-bond donors (Lipinski definition) is 1. The molecule has 1 atom stereocenters. The Morgan fingerprint density at radius 3 is 2.63 bits per heavy atom. The van der Waals surface area contributed by atoms with Crippen molar-refractivity contribution in [3.8, 4) is 5.69 Å². The first-order valence-electron chi connectivity index (χ1n) is 9.34. The van der Waals surface area contributed by atoms with Crippen LogP contribution < -0.4 is 5.32 Å². The van der Waals surface area contributed by atoms with E-state index in [1.54, 1.807) is 0 Å². The van der Waals surface area contributed by atoms with Gasteiger partial charge in [-0.3, -0.25) is 4.79 Å². The average molecular weight is 361 g/mol. The van der Waals surface area contributed by atoms with Gasteiger partial charge < -0.3 is 5.32 Å². The summed E-state index contributed by atoms with van der Waals surface area (Å²) in [5.41, 5.74) is 4.99. The number of para-hydroxylation sites is 1. The van der Waals surface area contributed by atoms with Crippen LogP contribution in [0.3, 0.4) is 0 Å². The fourth-order valence-corrected chi connectivity index (χ4v) is 3.70. The van der Waals surface area contributed by atoms with E-state index >= 15 is 0 Å². The Labute approximate surface area is 158 Å². The van der Waals surface area contributed by atoms with Crippen LogP contribution in [0.5, 0.6) is 0 Å². The monoisotopic (exact) mass is 361 g/mol. The van der Waals surface area contributed by atoms with E-state index in [0.29, 0.717) is 6.42 Å². The van der Waals surface area contributed by atoms with Crippen molar-refractivity contribution in [3.05, 3.63) is 64.9 Å². The van der Waals surface area contributed by atoms with E-state index in [1.807, 2.05) is 55.2 Å². The summed E-state index contributed by atoms with van der Waals surface area (Å²) in [5, 5.41) is 7.77. The average Bonchev–Trinajstić information content (AvgIpc) is 2.99. The Morgan fingerprint density at radius 2 is 1.93 bits per heavy atom. The zero-order valence-electron chi connectivity index (χ0n) is 15.9. The van der Waals surface area contributed by atoms with Gasteiger partial charge in [-0.25, -0.2) is 14.6 Å². The number of aryl methyl sites for hydroxylation is 3. The molecule has 0 unspecified atom stereocenters. The molecular formula is C21H23N5O. The molecule has 1 aliphatic rings. The summed E-state index contributed by atoms with van der Waals surface area (Å²) in [6, 6.07) is 8.04. The minimum atomic E-state index is -0.0813. The molecule has 1 aliphatic heterocycles. The van der Waals surface area contributed by atoms with Gasteiger partial charge in [-0.2, -0.15) is 5.10 Å². The maximum atomic E-state index is 12.5. The molecule has 1 amide bonds. The summed E-state index contributed by atoms with van der Waals surface area (Å²) < 4.78 is 1.84. The molecule has 0 bridgehead atoms. The lowest BCUT2D eigenvalue weighted by Crippen LogP contribution is -2.25. The van der Waals surface area contributed by atoms with Crippen LogP contribution in [-0.2, 0) is 11.2 Å². The second-order valence-electron chi connectivity index (χ2n) is 7.03. The minimum absolute atomic E-state index is 0.0140. The topological polar surface area (TPSA) is 72.7 Å². The molecule has 0 aliphatic carbocycles. The van der Waals surface area contributed by atoms with E-state index in [9.17, 15) is 4.79 Å². The lowest BCUT2D eigenvalue weighted by molar-refractivity contribution is -0.116. The van der Waals surface area contributed by atoms with Crippen molar-refractivity contribution in [1.82, 2.24) is 19.7 Å². The number of aromatic nitrogens is 4. The third kappa shape index (κ3) is 3.12. The normalized spacial score (nSPS) is 16.1. The molecule has 3 heterocycles. The number of carbonyl (C=O) groups is 1. The smallest absolute Gasteiger partial charge is 0.226 e. The van der Waals surface area contributed by atoms with Crippen molar-refractivity contribution < 1.29 is 4.79 Å². The zero-order chi connectivity index (χ0) is 19.0. The first-order valence-corrected chi connectivity index (χ1v) is 9.34. The fraction of sp³-hybridized carbons (Fsp3) is 0.333. The van der Waals surface area contributed by atoms with Crippen LogP contribution in [0.1, 0.15) is 53.9 Å². The maximum Gasteiger partial charge on any atom is 0.226 e. The molecule has 0 radical (unpaired) electrons. The molecule has 6 nitrogen and oxygen atoms in total. The van der Waals surface area contributed by atoms with E-state index in [4.69, 9.17) is 5.10 Å². The first kappa shape index (κ1) is 17.4. The molecule has 27 heavy (non-hydrogen) atoms. The summed E-state index contributed by atoms with van der Waals surface area (Å²) in [6.07, 6.45) is 5.97. The number of amides is 1. The Bertz CT molecular complexity index is 990. The van der Waals surface area contributed by atoms with Crippen molar-refractivity contribution in [2.75, 3.05) is 5.32 Å². The maximum absolute atomic E-state index is 12.5. The number of hydrogen-bond acceptors (Lipinski definition) is 4. The Balaban J connectivity index is 1.81. The second kappa shape index (κ2) is 6.95. The van der Waals surface area contributed by atoms with Gasteiger partial charge in [-0.15, -0.1) is 0 Å². The van der Waals surface area contributed by atoms with Crippen LogP contribution in [0.2, 0.25) is 0 Å². The van der Waals surface area contributed by atoms with E-state index in [0.717, 1.165) is 52.6 Å². The van der Waals surface area contributed by atoms with Gasteiger partial charge in [0.05, 0.1) is 11.4 Å². The summed E-state index contributed by atoms with van der Waals surface area (Å²) >= 11 is 0. The molecule has 0 saturated heterocycles. The zero-order valence-corrected chi connectivity index (χ0v) is 15.9. The van der Waals surface area contributed by atoms with Crippen LogP contribution in [0.25, 0.3) is 5.69 Å². The summed E-state index contributed by atoms with van der Waals surface area (Å²) in [6.45, 7) is 6.14. The predicted molar refractivity (Wildman–Crippen MR) is 104 cm³/mol. The number of fused-ring (bicyclic) bond motifs is 1. The first-order chi connectivity index (χ1) is 13.1. The van der Waals surface area contributed by atoms with Gasteiger partial charge in [0.25, 0.3) is 0 Å². The van der Waals surface area contributed by atoms with Gasteiger partial charge in [-0.05, 0) is 37.5 Å². The summed E-state index contributed by atoms with van der Waals surface area (Å²) in [7, 11) is 0. The quantitative estimate of drug-likeness (QED) is 0.769. The van der Waals surface area contributed by atoms with Gasteiger partial charge >= 0.3 is 0 Å². The number of benzene rings is 1. The fourth-order valence-electron chi connectivity index (χ4n) is 3.70. The van der Waals surface area contributed by atoms with E-state index in [2.05, 4.69) is 22.2 Å². The molecule has 2 aromatic heterocycles. The van der Waals surface area contributed by atoms with Crippen molar-refractivity contribution in [1.29, 1.82) is 0 Å². The van der Waals surface area contributed by atoms with Gasteiger partial charge in [0.15, 0.2) is 0 Å². The standard InChI is InChI=1S/C21H23N5O/c1-4-7-18-22-11-15(12-23-18)16-10-19(27)24-21-20(16)14(3)25-26(21)17-9-6-5-8-13(17)2/h5-6,8-9,11-12,16H,4,7,10H2,1-3H3,(H,24,27)/t16-/m0/s1. The van der Waals surface area contributed by atoms with Crippen LogP contribution >= 0.6 is 0 Å². The molecule has 6 heteroatoms. The number of nitrogens with one attached hydrogen (secondary N) is 1. The van der Waals surface area contributed by atoms with Crippen molar-refractivity contribution >= 4 is 11.7 Å². The van der Waals surface area contributed by atoms with Crippen molar-refractivity contribution in [2.45, 2.75) is 46.0 Å². The van der Waals surface area contributed by atoms with Gasteiger partial charge in [0.1, 0.15) is 11.6 Å². The minimum Gasteiger partial charge on any atom is -0.310 e. The third-order valence-electron chi connectivity index (χ3n) is 5.05. The lowest BCUT2D eigenvalue weighted by atomic mass is 9.87. The van der Waals surface area contributed by atoms with Crippen LogP contribution in [0.15, 0.2) is 36.7 Å². The molecule has 4 rings (SSSR count). The molecular weight excluding hydrogens is 338 g/mol. The Kier molecular flexibility index (Phi) is 4.48. The van der Waals surface area contributed by atoms with Gasteiger partial charge in [0.2, 0.25) is 5.91 Å². The number of rotatable bonds is 4. The number of anilines is 1. The molecule has 0 saturated carbocycles. The van der Waals surface area contributed by atoms with E-state index in [1.165, 1.54) is 0 Å². The Hall–Kier alpha value is -3.02. The highest BCUT2D eigenvalue weighted by Crippen LogP contribution is 2.40. The van der Waals surface area contributed by atoms with E-state index in [-0.39, 0.29) is 11.8 Å². The molecule has 0 fully saturated rings. The molecule has 1 N–H and O–H groups in total. The Morgan fingerprint density at radius 1 is 1.19 bits per heavy atom. The molecule has 138 valence electrons. The van der Waals surface area contributed by atoms with Crippen molar-refractivity contribution in [2.24, 2.45) is 0 Å². The van der Waals surface area contributed by atoms with Crippen molar-refractivity contribution in [3.63, 3.8) is 0 Å². The van der Waals surface area contributed by atoms with Gasteiger partial charge in [0, 0.05) is 36.7 Å². The van der Waals surface area contributed by atoms with Crippen LogP contribution in [0, 0.1) is 13.8 Å². The van der Waals surface area contributed by atoms with Gasteiger partial charge in [-0.1, -0.05) is 25.1 Å². The number of nitrogens with zero attached hydrogens (tertiary/aromatic N) is 4. The highest BCUT2D eigenvalue weighted by molar-refractivity contribution is 5.95. The molecule has 3 aromatic rings. The summed E-state index contributed by atoms with van der Waals surface area (Å²) in [5.74, 6) is 1.50. The highest BCUT2D eigenvalue weighted by atomic mass is 16.1. The summed E-state index contributed by atoms with van der Waals surface area (Å²) in [4.78, 5) is 21.4. The van der Waals surface area contributed by atoms with Crippen LogP contribution in [0.4, 0.5) is 5.82 Å². The third-order valence-corrected chi connectivity index (χ3v) is 5.05. The number of carbonyl (C=O) groups excluding carboxylic acids is 1. The van der Waals surface area contributed by atoms with E-state index < -0.39 is 0 Å². The SMILES string of the molecule is CCCc1ncc([C@@H]2CC(=O)Nc3c2c(C)nn3-c2ccccc2C)cn1. The second-order valence-corrected chi connectivity index (χ2v) is 7.03. The predicted octanol–water partition coefficient (Wildman–Crippen LogP) is 3.71. The molecule has 0 spiro atoms. The highest BCUT2D eigenvalue weighted by Gasteiger charge is 2.33. The lowest BCUT2D eigenvalue weighted by Gasteiger charge is -2.24.